The van der Waals surface area contributed by atoms with Crippen LogP contribution < -0.4 is 0 Å². The minimum atomic E-state index is 0.583. The molecule has 0 aliphatic heterocycles. The molecule has 0 aliphatic carbocycles. The van der Waals surface area contributed by atoms with Crippen molar-refractivity contribution in [2.75, 3.05) is 0 Å². The zero-order valence-corrected chi connectivity index (χ0v) is 5.56. The summed E-state index contributed by atoms with van der Waals surface area (Å²) in [6.45, 7) is 0.785. The lowest BCUT2D eigenvalue weighted by Gasteiger charge is -1.93. The van der Waals surface area contributed by atoms with Gasteiger partial charge >= 0.3 is 0 Å². The van der Waals surface area contributed by atoms with E-state index in [4.69, 9.17) is 5.26 Å². The first-order valence-electron chi connectivity index (χ1n) is 3.14. The van der Waals surface area contributed by atoms with Crippen molar-refractivity contribution in [1.82, 2.24) is 15.0 Å². The van der Waals surface area contributed by atoms with Gasteiger partial charge in [-0.05, 0) is 6.42 Å². The number of hydrogen-bond donors (Lipinski definition) is 0. The molecule has 0 spiro atoms. The molecule has 0 fully saturated rings. The van der Waals surface area contributed by atoms with E-state index in [0.29, 0.717) is 6.42 Å². The van der Waals surface area contributed by atoms with E-state index < -0.39 is 0 Å². The highest BCUT2D eigenvalue weighted by molar-refractivity contribution is 4.69. The highest BCUT2D eigenvalue weighted by Gasteiger charge is 1.88. The predicted octanol–water partition coefficient (Wildman–Crippen LogP) is 0.582. The minimum Gasteiger partial charge on any atom is -0.253 e. The van der Waals surface area contributed by atoms with Crippen LogP contribution in [0.3, 0.4) is 0 Å². The zero-order valence-electron chi connectivity index (χ0n) is 5.56. The van der Waals surface area contributed by atoms with E-state index in [1.165, 1.54) is 0 Å². The molecule has 0 bridgehead atoms. The maximum atomic E-state index is 8.20. The minimum absolute atomic E-state index is 0.583. The summed E-state index contributed by atoms with van der Waals surface area (Å²) in [7, 11) is 0. The highest BCUT2D eigenvalue weighted by atomic mass is 15.4. The van der Waals surface area contributed by atoms with Gasteiger partial charge in [-0.1, -0.05) is 5.21 Å². The molecule has 0 aliphatic rings. The van der Waals surface area contributed by atoms with Gasteiger partial charge in [0.15, 0.2) is 0 Å². The Kier molecular flexibility index (Phi) is 2.44. The van der Waals surface area contributed by atoms with Crippen LogP contribution in [0.15, 0.2) is 12.4 Å². The van der Waals surface area contributed by atoms with Gasteiger partial charge < -0.3 is 0 Å². The van der Waals surface area contributed by atoms with Crippen LogP contribution in [0.2, 0.25) is 0 Å². The Morgan fingerprint density at radius 3 is 3.10 bits per heavy atom. The summed E-state index contributed by atoms with van der Waals surface area (Å²) in [5, 5.41) is 15.6. The van der Waals surface area contributed by atoms with Gasteiger partial charge in [-0.15, -0.1) is 5.10 Å². The first-order chi connectivity index (χ1) is 4.93. The largest absolute Gasteiger partial charge is 0.253 e. The highest BCUT2D eigenvalue weighted by Crippen LogP contribution is 1.90. The van der Waals surface area contributed by atoms with E-state index in [9.17, 15) is 0 Å². The molecule has 0 aromatic carbocycles. The van der Waals surface area contributed by atoms with Crippen LogP contribution in [-0.4, -0.2) is 15.0 Å². The maximum absolute atomic E-state index is 8.20. The number of hydrogen-bond acceptors (Lipinski definition) is 3. The third kappa shape index (κ3) is 1.86. The fourth-order valence-corrected chi connectivity index (χ4v) is 0.672. The van der Waals surface area contributed by atoms with Crippen LogP contribution in [0.5, 0.6) is 0 Å². The van der Waals surface area contributed by atoms with E-state index >= 15 is 0 Å². The van der Waals surface area contributed by atoms with Crippen molar-refractivity contribution in [3.63, 3.8) is 0 Å². The summed E-state index contributed by atoms with van der Waals surface area (Å²) in [6, 6.07) is 2.07. The van der Waals surface area contributed by atoms with Gasteiger partial charge in [0.25, 0.3) is 0 Å². The molecule has 10 heavy (non-hydrogen) atoms. The summed E-state index contributed by atoms with van der Waals surface area (Å²) in [4.78, 5) is 0. The number of unbranched alkanes of at least 4 members (excludes halogenated alkanes) is 1. The molecule has 1 rings (SSSR count). The van der Waals surface area contributed by atoms with E-state index in [0.717, 1.165) is 13.0 Å². The summed E-state index contributed by atoms with van der Waals surface area (Å²) >= 11 is 0. The van der Waals surface area contributed by atoms with Crippen molar-refractivity contribution >= 4 is 0 Å². The first kappa shape index (κ1) is 6.75. The van der Waals surface area contributed by atoms with Crippen molar-refractivity contribution < 1.29 is 0 Å². The Hall–Kier alpha value is -1.37. The Morgan fingerprint density at radius 2 is 2.50 bits per heavy atom. The molecule has 0 saturated carbocycles. The lowest BCUT2D eigenvalue weighted by atomic mass is 10.3. The van der Waals surface area contributed by atoms with Crippen molar-refractivity contribution in [3.8, 4) is 6.07 Å². The molecule has 1 aromatic rings. The fourth-order valence-electron chi connectivity index (χ4n) is 0.672. The molecule has 4 heteroatoms. The molecule has 0 amide bonds. The van der Waals surface area contributed by atoms with Crippen LogP contribution in [0.25, 0.3) is 0 Å². The summed E-state index contributed by atoms with van der Waals surface area (Å²) in [6.07, 6.45) is 4.85. The van der Waals surface area contributed by atoms with Gasteiger partial charge in [0, 0.05) is 19.2 Å². The fraction of sp³-hybridized carbons (Fsp3) is 0.500. The second kappa shape index (κ2) is 3.62. The van der Waals surface area contributed by atoms with Gasteiger partial charge in [0.05, 0.1) is 12.3 Å². The van der Waals surface area contributed by atoms with Crippen molar-refractivity contribution in [3.05, 3.63) is 12.4 Å². The summed E-state index contributed by atoms with van der Waals surface area (Å²) in [5.41, 5.74) is 0. The molecular formula is C6H8N4. The standard InChI is InChI=1S/C6H8N4/c7-3-1-2-5-10-6-4-8-9-10/h4,6H,1-2,5H2. The normalized spacial score (nSPS) is 9.10. The first-order valence-corrected chi connectivity index (χ1v) is 3.14. The van der Waals surface area contributed by atoms with Crippen LogP contribution in [0.4, 0.5) is 0 Å². The zero-order chi connectivity index (χ0) is 7.23. The third-order valence-corrected chi connectivity index (χ3v) is 1.15. The Balaban J connectivity index is 2.23. The van der Waals surface area contributed by atoms with Gasteiger partial charge in [-0.25, -0.2) is 0 Å². The number of aryl methyl sites for hydroxylation is 1. The van der Waals surface area contributed by atoms with E-state index in [2.05, 4.69) is 16.4 Å². The Bertz CT molecular complexity index is 208. The second-order valence-corrected chi connectivity index (χ2v) is 1.93. The van der Waals surface area contributed by atoms with Crippen LogP contribution in [0, 0.1) is 11.3 Å². The van der Waals surface area contributed by atoms with Gasteiger partial charge in [0.1, 0.15) is 0 Å². The number of nitriles is 1. The SMILES string of the molecule is N#CCCCn1ccnn1. The topological polar surface area (TPSA) is 54.5 Å². The molecule has 0 N–H and O–H groups in total. The van der Waals surface area contributed by atoms with Crippen molar-refractivity contribution in [1.29, 1.82) is 5.26 Å². The monoisotopic (exact) mass is 136 g/mol. The third-order valence-electron chi connectivity index (χ3n) is 1.15. The molecule has 52 valence electrons. The molecule has 0 unspecified atom stereocenters. The van der Waals surface area contributed by atoms with Gasteiger partial charge in [0.2, 0.25) is 0 Å². The molecule has 0 saturated heterocycles. The summed E-state index contributed by atoms with van der Waals surface area (Å²) in [5.74, 6) is 0. The quantitative estimate of drug-likeness (QED) is 0.571. The van der Waals surface area contributed by atoms with Crippen LogP contribution in [-0.2, 0) is 6.54 Å². The second-order valence-electron chi connectivity index (χ2n) is 1.93. The summed E-state index contributed by atoms with van der Waals surface area (Å²) < 4.78 is 1.72. The van der Waals surface area contributed by atoms with Gasteiger partial charge in [-0.3, -0.25) is 4.68 Å². The number of rotatable bonds is 3. The average Bonchev–Trinajstić information content (AvgIpc) is 2.41. The number of aromatic nitrogens is 3. The smallest absolute Gasteiger partial charge is 0.0692 e. The van der Waals surface area contributed by atoms with Crippen molar-refractivity contribution in [2.45, 2.75) is 19.4 Å². The lowest BCUT2D eigenvalue weighted by Crippen LogP contribution is -1.97. The maximum Gasteiger partial charge on any atom is 0.0692 e. The van der Waals surface area contributed by atoms with Gasteiger partial charge in [-0.2, -0.15) is 5.26 Å². The average molecular weight is 136 g/mol. The van der Waals surface area contributed by atoms with E-state index in [-0.39, 0.29) is 0 Å². The van der Waals surface area contributed by atoms with E-state index in [1.54, 1.807) is 17.1 Å². The Morgan fingerprint density at radius 1 is 1.60 bits per heavy atom. The van der Waals surface area contributed by atoms with Crippen LogP contribution >= 0.6 is 0 Å². The molecule has 0 atom stereocenters. The molecule has 0 radical (unpaired) electrons. The molecule has 1 aromatic heterocycles. The predicted molar refractivity (Wildman–Crippen MR) is 34.9 cm³/mol. The molecule has 1 heterocycles. The molecular weight excluding hydrogens is 128 g/mol. The van der Waals surface area contributed by atoms with Crippen LogP contribution in [0.1, 0.15) is 12.8 Å². The number of nitrogens with zero attached hydrogens (tertiary/aromatic N) is 4. The Labute approximate surface area is 59.1 Å². The van der Waals surface area contributed by atoms with Crippen molar-refractivity contribution in [2.24, 2.45) is 0 Å². The van der Waals surface area contributed by atoms with E-state index in [1.807, 2.05) is 0 Å². The molecule has 4 nitrogen and oxygen atoms in total. The lowest BCUT2D eigenvalue weighted by molar-refractivity contribution is 0.564.